The minimum atomic E-state index is -0.108. The van der Waals surface area contributed by atoms with Crippen molar-refractivity contribution >= 4 is 29.4 Å². The van der Waals surface area contributed by atoms with Crippen molar-refractivity contribution in [2.75, 3.05) is 10.6 Å². The van der Waals surface area contributed by atoms with Crippen molar-refractivity contribution in [2.45, 2.75) is 31.8 Å². The van der Waals surface area contributed by atoms with Gasteiger partial charge in [-0.2, -0.15) is 4.98 Å². The zero-order valence-corrected chi connectivity index (χ0v) is 15.6. The monoisotopic (exact) mass is 381 g/mol. The molecule has 0 aliphatic carbocycles. The molecule has 7 heteroatoms. The average molecular weight is 382 g/mol. The summed E-state index contributed by atoms with van der Waals surface area (Å²) < 4.78 is 1.85. The second kappa shape index (κ2) is 7.40. The van der Waals surface area contributed by atoms with E-state index in [9.17, 15) is 4.79 Å². The standard InChI is InChI=1S/C20H20ClN5O/c1-2-18(27)23-19-24-20-22-16(13-8-10-15(21)11-9-13)12-17(26(20)25-19)14-6-4-3-5-7-14/h3-11,16-17H,2,12H2,1H3,(H2,22,23,24,25,27)/t16-,17-/m0/s1. The van der Waals surface area contributed by atoms with E-state index < -0.39 is 0 Å². The predicted octanol–water partition coefficient (Wildman–Crippen LogP) is 4.43. The van der Waals surface area contributed by atoms with Gasteiger partial charge >= 0.3 is 0 Å². The number of carbonyl (C=O) groups excluding carboxylic acids is 1. The molecule has 2 N–H and O–H groups in total. The zero-order valence-electron chi connectivity index (χ0n) is 14.9. The molecule has 1 amide bonds. The van der Waals surface area contributed by atoms with E-state index in [0.29, 0.717) is 23.3 Å². The lowest BCUT2D eigenvalue weighted by Gasteiger charge is -2.31. The minimum Gasteiger partial charge on any atom is -0.347 e. The Morgan fingerprint density at radius 2 is 1.93 bits per heavy atom. The van der Waals surface area contributed by atoms with E-state index in [-0.39, 0.29) is 18.0 Å². The maximum absolute atomic E-state index is 11.7. The van der Waals surface area contributed by atoms with E-state index in [1.165, 1.54) is 0 Å². The molecule has 1 aliphatic rings. The SMILES string of the molecule is CCC(=O)Nc1nc2n(n1)[C@H](c1ccccc1)C[C@@H](c1ccc(Cl)cc1)N2. The van der Waals surface area contributed by atoms with Crippen molar-refractivity contribution in [1.82, 2.24) is 14.8 Å². The Bertz CT molecular complexity index is 939. The first-order valence-electron chi connectivity index (χ1n) is 8.97. The summed E-state index contributed by atoms with van der Waals surface area (Å²) in [6.07, 6.45) is 1.19. The van der Waals surface area contributed by atoms with E-state index in [1.807, 2.05) is 47.1 Å². The van der Waals surface area contributed by atoms with Crippen LogP contribution in [0.15, 0.2) is 54.6 Å². The molecule has 1 aromatic heterocycles. The van der Waals surface area contributed by atoms with Crippen LogP contribution in [0.4, 0.5) is 11.9 Å². The topological polar surface area (TPSA) is 71.8 Å². The molecule has 0 saturated heterocycles. The number of aromatic nitrogens is 3. The Kier molecular flexibility index (Phi) is 4.81. The van der Waals surface area contributed by atoms with E-state index in [1.54, 1.807) is 6.92 Å². The van der Waals surface area contributed by atoms with Gasteiger partial charge in [-0.25, -0.2) is 4.68 Å². The van der Waals surface area contributed by atoms with Gasteiger partial charge in [0.05, 0.1) is 12.1 Å². The van der Waals surface area contributed by atoms with Gasteiger partial charge in [-0.3, -0.25) is 10.1 Å². The number of rotatable bonds is 4. The van der Waals surface area contributed by atoms with Crippen LogP contribution in [0.25, 0.3) is 0 Å². The van der Waals surface area contributed by atoms with Gasteiger partial charge < -0.3 is 5.32 Å². The molecule has 0 bridgehead atoms. The normalized spacial score (nSPS) is 18.4. The van der Waals surface area contributed by atoms with E-state index in [0.717, 1.165) is 17.5 Å². The number of benzene rings is 2. The maximum Gasteiger partial charge on any atom is 0.250 e. The van der Waals surface area contributed by atoms with Crippen molar-refractivity contribution < 1.29 is 4.79 Å². The number of halogens is 1. The first-order valence-corrected chi connectivity index (χ1v) is 9.35. The Labute approximate surface area is 162 Å². The zero-order chi connectivity index (χ0) is 18.8. The number of amides is 1. The average Bonchev–Trinajstić information content (AvgIpc) is 3.10. The van der Waals surface area contributed by atoms with Crippen LogP contribution >= 0.6 is 11.6 Å². The van der Waals surface area contributed by atoms with Crippen molar-refractivity contribution in [1.29, 1.82) is 0 Å². The van der Waals surface area contributed by atoms with Gasteiger partial charge in [0.15, 0.2) is 0 Å². The quantitative estimate of drug-likeness (QED) is 0.701. The lowest BCUT2D eigenvalue weighted by molar-refractivity contribution is -0.115. The number of fused-ring (bicyclic) bond motifs is 1. The summed E-state index contributed by atoms with van der Waals surface area (Å²) in [4.78, 5) is 16.2. The molecule has 2 aromatic carbocycles. The highest BCUT2D eigenvalue weighted by atomic mass is 35.5. The molecule has 6 nitrogen and oxygen atoms in total. The lowest BCUT2D eigenvalue weighted by atomic mass is 9.93. The second-order valence-corrected chi connectivity index (χ2v) is 6.95. The van der Waals surface area contributed by atoms with Crippen molar-refractivity contribution in [2.24, 2.45) is 0 Å². The van der Waals surface area contributed by atoms with Crippen molar-refractivity contribution in [3.8, 4) is 0 Å². The first kappa shape index (κ1) is 17.5. The second-order valence-electron chi connectivity index (χ2n) is 6.52. The van der Waals surface area contributed by atoms with E-state index >= 15 is 0 Å². The van der Waals surface area contributed by atoms with Crippen LogP contribution in [0.3, 0.4) is 0 Å². The smallest absolute Gasteiger partial charge is 0.250 e. The van der Waals surface area contributed by atoms with Gasteiger partial charge in [0.2, 0.25) is 11.9 Å². The van der Waals surface area contributed by atoms with Gasteiger partial charge in [0, 0.05) is 11.4 Å². The number of nitrogens with one attached hydrogen (secondary N) is 2. The molecule has 1 aliphatic heterocycles. The Balaban J connectivity index is 1.71. The summed E-state index contributed by atoms with van der Waals surface area (Å²) in [5.74, 6) is 0.854. The van der Waals surface area contributed by atoms with Crippen LogP contribution in [-0.4, -0.2) is 20.7 Å². The van der Waals surface area contributed by atoms with E-state index in [4.69, 9.17) is 11.6 Å². The molecular weight excluding hydrogens is 362 g/mol. The highest BCUT2D eigenvalue weighted by Crippen LogP contribution is 2.38. The summed E-state index contributed by atoms with van der Waals surface area (Å²) in [7, 11) is 0. The van der Waals surface area contributed by atoms with Gasteiger partial charge in [0.25, 0.3) is 5.95 Å². The van der Waals surface area contributed by atoms with Crippen LogP contribution < -0.4 is 10.6 Å². The minimum absolute atomic E-state index is 0.0166. The Hall–Kier alpha value is -2.86. The molecule has 0 saturated carbocycles. The molecule has 0 fully saturated rings. The molecule has 2 atom stereocenters. The summed E-state index contributed by atoms with van der Waals surface area (Å²) in [5.41, 5.74) is 2.28. The molecule has 0 radical (unpaired) electrons. The van der Waals surface area contributed by atoms with Gasteiger partial charge in [0.1, 0.15) is 0 Å². The maximum atomic E-state index is 11.7. The summed E-state index contributed by atoms with van der Waals surface area (Å²) in [6, 6.07) is 18.1. The molecule has 3 aromatic rings. The lowest BCUT2D eigenvalue weighted by Crippen LogP contribution is -2.28. The summed E-state index contributed by atoms with van der Waals surface area (Å²) in [5, 5.41) is 11.4. The van der Waals surface area contributed by atoms with E-state index in [2.05, 4.69) is 32.8 Å². The molecular formula is C20H20ClN5O. The van der Waals surface area contributed by atoms with Gasteiger partial charge in [-0.15, -0.1) is 5.10 Å². The van der Waals surface area contributed by atoms with Crippen LogP contribution in [0.5, 0.6) is 0 Å². The predicted molar refractivity (Wildman–Crippen MR) is 106 cm³/mol. The van der Waals surface area contributed by atoms with Crippen LogP contribution in [0, 0.1) is 0 Å². The summed E-state index contributed by atoms with van der Waals surface area (Å²) in [6.45, 7) is 1.80. The Morgan fingerprint density at radius 1 is 1.19 bits per heavy atom. The number of hydrogen-bond donors (Lipinski definition) is 2. The first-order chi connectivity index (χ1) is 13.1. The third-order valence-corrected chi connectivity index (χ3v) is 4.97. The number of hydrogen-bond acceptors (Lipinski definition) is 4. The molecule has 27 heavy (non-hydrogen) atoms. The van der Waals surface area contributed by atoms with Crippen molar-refractivity contribution in [3.05, 3.63) is 70.7 Å². The number of carbonyl (C=O) groups is 1. The van der Waals surface area contributed by atoms with Crippen LogP contribution in [0.1, 0.15) is 43.0 Å². The fourth-order valence-electron chi connectivity index (χ4n) is 3.31. The molecule has 0 spiro atoms. The highest BCUT2D eigenvalue weighted by molar-refractivity contribution is 6.30. The molecule has 2 heterocycles. The fraction of sp³-hybridized carbons (Fsp3) is 0.250. The van der Waals surface area contributed by atoms with Crippen molar-refractivity contribution in [3.63, 3.8) is 0 Å². The number of anilines is 2. The summed E-state index contributed by atoms with van der Waals surface area (Å²) >= 11 is 6.03. The molecule has 0 unspecified atom stereocenters. The Morgan fingerprint density at radius 3 is 2.63 bits per heavy atom. The highest BCUT2D eigenvalue weighted by Gasteiger charge is 2.31. The number of nitrogens with zero attached hydrogens (tertiary/aromatic N) is 3. The van der Waals surface area contributed by atoms with Gasteiger partial charge in [-0.05, 0) is 29.7 Å². The third-order valence-electron chi connectivity index (χ3n) is 4.72. The third kappa shape index (κ3) is 3.66. The van der Waals surface area contributed by atoms with Crippen LogP contribution in [0.2, 0.25) is 5.02 Å². The van der Waals surface area contributed by atoms with Crippen LogP contribution in [-0.2, 0) is 4.79 Å². The largest absolute Gasteiger partial charge is 0.347 e. The fourth-order valence-corrected chi connectivity index (χ4v) is 3.44. The molecule has 4 rings (SSSR count). The molecule has 138 valence electrons. The van der Waals surface area contributed by atoms with Gasteiger partial charge in [-0.1, -0.05) is 61.0 Å².